The monoisotopic (exact) mass is 449 g/mol. The average molecular weight is 450 g/mol. The summed E-state index contributed by atoms with van der Waals surface area (Å²) >= 11 is 6.16. The van der Waals surface area contributed by atoms with Crippen LogP contribution in [0.15, 0.2) is 35.4 Å². The number of carboxylic acids is 1. The molecule has 8 nitrogen and oxygen atoms in total. The smallest absolute Gasteiger partial charge is 0.354 e. The van der Waals surface area contributed by atoms with Crippen molar-refractivity contribution in [2.45, 2.75) is 19.5 Å². The van der Waals surface area contributed by atoms with Crippen LogP contribution >= 0.6 is 11.6 Å². The molecule has 0 saturated heterocycles. The summed E-state index contributed by atoms with van der Waals surface area (Å²) < 4.78 is 33.7. The molecule has 0 aromatic carbocycles. The van der Waals surface area contributed by atoms with Gasteiger partial charge >= 0.3 is 5.97 Å². The third-order valence-electron chi connectivity index (χ3n) is 4.39. The number of rotatable bonds is 5. The van der Waals surface area contributed by atoms with Crippen molar-refractivity contribution in [2.75, 3.05) is 0 Å². The van der Waals surface area contributed by atoms with Crippen LogP contribution in [-0.2, 0) is 5.69 Å². The summed E-state index contributed by atoms with van der Waals surface area (Å²) in [5.74, 6) is -3.65. The van der Waals surface area contributed by atoms with Crippen molar-refractivity contribution in [1.29, 1.82) is 0 Å². The molecule has 31 heavy (non-hydrogen) atoms. The predicted molar refractivity (Wildman–Crippen MR) is 108 cm³/mol. The quantitative estimate of drug-likeness (QED) is 0.450. The Hall–Kier alpha value is -3.31. The van der Waals surface area contributed by atoms with Gasteiger partial charge in [-0.05, 0) is 25.5 Å². The fourth-order valence-electron chi connectivity index (χ4n) is 2.94. The molecule has 0 amide bonds. The van der Waals surface area contributed by atoms with E-state index in [0.717, 1.165) is 12.4 Å². The van der Waals surface area contributed by atoms with Crippen molar-refractivity contribution in [3.8, 4) is 11.4 Å². The zero-order valence-corrected chi connectivity index (χ0v) is 17.2. The van der Waals surface area contributed by atoms with E-state index in [1.807, 2.05) is 0 Å². The highest BCUT2D eigenvalue weighted by atomic mass is 35.5. The molecule has 1 unspecified atom stereocenters. The Morgan fingerprint density at radius 1 is 1.23 bits per heavy atom. The third-order valence-corrected chi connectivity index (χ3v) is 4.74. The summed E-state index contributed by atoms with van der Waals surface area (Å²) in [4.78, 5) is 31.5. The predicted octanol–water partition coefficient (Wildman–Crippen LogP) is 1.69. The van der Waals surface area contributed by atoms with Gasteiger partial charge in [-0.15, -0.1) is 0 Å². The van der Waals surface area contributed by atoms with Crippen LogP contribution in [0.2, 0.25) is 5.02 Å². The number of aryl methyl sites for hydroxylation is 2. The molecule has 160 valence electrons. The minimum absolute atomic E-state index is 0.237. The summed E-state index contributed by atoms with van der Waals surface area (Å²) in [6.45, 7) is 3.16. The lowest BCUT2D eigenvalue weighted by molar-refractivity contribution is -0.0736. The SMILES string of the molecule is BC(O)(Oc1cc(C)n(-c2cc(C(=O)O)ncc2C)c(=O)c1Cl)c1ncc(F)cc1F. The van der Waals surface area contributed by atoms with Gasteiger partial charge in [0.2, 0.25) is 13.5 Å². The van der Waals surface area contributed by atoms with Crippen molar-refractivity contribution in [1.82, 2.24) is 14.5 Å². The van der Waals surface area contributed by atoms with Gasteiger partial charge in [0, 0.05) is 24.0 Å². The largest absolute Gasteiger partial charge is 0.477 e. The molecule has 3 heterocycles. The van der Waals surface area contributed by atoms with Gasteiger partial charge in [-0.1, -0.05) is 11.6 Å². The topological polar surface area (TPSA) is 115 Å². The molecule has 0 radical (unpaired) electrons. The summed E-state index contributed by atoms with van der Waals surface area (Å²) in [6, 6.07) is 3.05. The highest BCUT2D eigenvalue weighted by Gasteiger charge is 2.32. The van der Waals surface area contributed by atoms with Crippen LogP contribution in [0.5, 0.6) is 5.75 Å². The van der Waals surface area contributed by atoms with E-state index < -0.39 is 39.6 Å². The van der Waals surface area contributed by atoms with Crippen LogP contribution in [0.3, 0.4) is 0 Å². The molecule has 3 aromatic heterocycles. The van der Waals surface area contributed by atoms with Gasteiger partial charge < -0.3 is 14.9 Å². The van der Waals surface area contributed by atoms with E-state index in [9.17, 15) is 28.6 Å². The summed E-state index contributed by atoms with van der Waals surface area (Å²) in [5, 5.41) is 19.3. The number of pyridine rings is 3. The Kier molecular flexibility index (Phi) is 5.84. The molecule has 3 rings (SSSR count). The molecule has 2 N–H and O–H groups in total. The zero-order chi connectivity index (χ0) is 23.1. The van der Waals surface area contributed by atoms with E-state index in [1.54, 1.807) is 6.92 Å². The average Bonchev–Trinajstić information content (AvgIpc) is 2.66. The van der Waals surface area contributed by atoms with Gasteiger partial charge in [-0.2, -0.15) is 0 Å². The Bertz CT molecular complexity index is 1270. The van der Waals surface area contributed by atoms with Gasteiger partial charge in [0.05, 0.1) is 11.9 Å². The number of nitrogens with zero attached hydrogens (tertiary/aromatic N) is 3. The standard InChI is InChI=1S/C19H15BClF2N3O5/c1-8-6-24-12(18(28)29)5-13(8)26-9(2)3-14(15(21)17(26)27)31-19(20,30)16-11(23)4-10(22)7-25-16/h3-7,30H,20H2,1-2H3,(H,28,29). The number of halogens is 3. The minimum atomic E-state index is -2.38. The number of aromatic nitrogens is 3. The van der Waals surface area contributed by atoms with E-state index in [4.69, 9.17) is 16.3 Å². The first-order chi connectivity index (χ1) is 14.4. The second kappa shape index (κ2) is 8.08. The van der Waals surface area contributed by atoms with Crippen molar-refractivity contribution in [2.24, 2.45) is 0 Å². The van der Waals surface area contributed by atoms with E-state index in [0.29, 0.717) is 17.8 Å². The molecule has 0 aliphatic carbocycles. The summed E-state index contributed by atoms with van der Waals surface area (Å²) in [7, 11) is 1.06. The summed E-state index contributed by atoms with van der Waals surface area (Å²) in [5.41, 5.74) is -3.02. The number of carbonyl (C=O) groups is 1. The van der Waals surface area contributed by atoms with Crippen molar-refractivity contribution in [3.63, 3.8) is 0 Å². The first-order valence-corrected chi connectivity index (χ1v) is 9.15. The number of aromatic carboxylic acids is 1. The second-order valence-electron chi connectivity index (χ2n) is 6.83. The highest BCUT2D eigenvalue weighted by Crippen LogP contribution is 2.30. The number of ether oxygens (including phenoxy) is 1. The van der Waals surface area contributed by atoms with Gasteiger partial charge in [0.1, 0.15) is 28.0 Å². The zero-order valence-electron chi connectivity index (χ0n) is 16.5. The van der Waals surface area contributed by atoms with Crippen LogP contribution in [-0.4, -0.2) is 38.6 Å². The fraction of sp³-hybridized carbons (Fsp3) is 0.158. The lowest BCUT2D eigenvalue weighted by atomic mass is 9.90. The molecular formula is C19H15BClF2N3O5. The molecule has 0 aliphatic heterocycles. The fourth-order valence-corrected chi connectivity index (χ4v) is 3.12. The summed E-state index contributed by atoms with van der Waals surface area (Å²) in [6.07, 6.45) is 2.00. The number of hydrogen-bond donors (Lipinski definition) is 2. The lowest BCUT2D eigenvalue weighted by Gasteiger charge is -2.26. The van der Waals surface area contributed by atoms with Crippen LogP contribution in [0, 0.1) is 25.5 Å². The molecule has 1 atom stereocenters. The maximum absolute atomic E-state index is 14.0. The minimum Gasteiger partial charge on any atom is -0.477 e. The number of hydrogen-bond acceptors (Lipinski definition) is 6. The van der Waals surface area contributed by atoms with Crippen molar-refractivity contribution >= 4 is 25.4 Å². The maximum atomic E-state index is 14.0. The maximum Gasteiger partial charge on any atom is 0.354 e. The van der Waals surface area contributed by atoms with Crippen LogP contribution in [0.4, 0.5) is 8.78 Å². The molecule has 0 bridgehead atoms. The first kappa shape index (κ1) is 22.4. The van der Waals surface area contributed by atoms with Gasteiger partial charge in [-0.3, -0.25) is 9.36 Å². The highest BCUT2D eigenvalue weighted by molar-refractivity contribution is 6.32. The van der Waals surface area contributed by atoms with Crippen molar-refractivity contribution in [3.05, 3.63) is 80.2 Å². The Balaban J connectivity index is 2.10. The van der Waals surface area contributed by atoms with Crippen LogP contribution in [0.25, 0.3) is 5.69 Å². The van der Waals surface area contributed by atoms with Gasteiger partial charge in [0.15, 0.2) is 5.82 Å². The van der Waals surface area contributed by atoms with Gasteiger partial charge in [-0.25, -0.2) is 23.5 Å². The third kappa shape index (κ3) is 4.28. The normalized spacial score (nSPS) is 13.0. The molecule has 0 aliphatic rings. The molecule has 0 saturated carbocycles. The molecule has 0 spiro atoms. The lowest BCUT2D eigenvalue weighted by Crippen LogP contribution is -2.36. The Labute approximate surface area is 180 Å². The van der Waals surface area contributed by atoms with Crippen molar-refractivity contribution < 1.29 is 28.5 Å². The number of aliphatic hydroxyl groups is 1. The first-order valence-electron chi connectivity index (χ1n) is 8.77. The van der Waals surface area contributed by atoms with Crippen LogP contribution < -0.4 is 10.3 Å². The Morgan fingerprint density at radius 2 is 1.90 bits per heavy atom. The van der Waals surface area contributed by atoms with E-state index >= 15 is 0 Å². The molecular weight excluding hydrogens is 434 g/mol. The van der Waals surface area contributed by atoms with E-state index in [2.05, 4.69) is 9.97 Å². The Morgan fingerprint density at radius 3 is 2.52 bits per heavy atom. The van der Waals surface area contributed by atoms with Crippen LogP contribution in [0.1, 0.15) is 27.4 Å². The molecule has 0 fully saturated rings. The number of carboxylic acid groups (broad SMARTS) is 1. The van der Waals surface area contributed by atoms with E-state index in [1.165, 1.54) is 25.3 Å². The molecule has 12 heteroatoms. The molecule has 3 aromatic rings. The van der Waals surface area contributed by atoms with Gasteiger partial charge in [0.25, 0.3) is 5.56 Å². The second-order valence-corrected chi connectivity index (χ2v) is 7.21. The van der Waals surface area contributed by atoms with E-state index in [-0.39, 0.29) is 22.8 Å².